The van der Waals surface area contributed by atoms with E-state index in [2.05, 4.69) is 37.7 Å². The third kappa shape index (κ3) is 2.24. The van der Waals surface area contributed by atoms with Gasteiger partial charge in [0.25, 0.3) is 0 Å². The van der Waals surface area contributed by atoms with E-state index < -0.39 is 0 Å². The first-order valence-corrected chi connectivity index (χ1v) is 5.77. The van der Waals surface area contributed by atoms with Crippen LogP contribution in [0.1, 0.15) is 0 Å². The second kappa shape index (κ2) is 4.26. The summed E-state index contributed by atoms with van der Waals surface area (Å²) in [5.41, 5.74) is 0. The molecule has 0 bridgehead atoms. The van der Waals surface area contributed by atoms with Crippen LogP contribution >= 0.6 is 34.4 Å². The molecule has 0 radical (unpaired) electrons. The van der Waals surface area contributed by atoms with E-state index in [1.54, 1.807) is 29.0 Å². The first kappa shape index (κ1) is 9.91. The SMILES string of the molecule is Cn1cc(Sc2ncncc2I)cn1. The van der Waals surface area contributed by atoms with Crippen LogP contribution in [0, 0.1) is 3.57 Å². The molecule has 0 atom stereocenters. The van der Waals surface area contributed by atoms with Gasteiger partial charge in [-0.1, -0.05) is 11.8 Å². The average molecular weight is 318 g/mol. The molecule has 2 aromatic rings. The monoisotopic (exact) mass is 318 g/mol. The van der Waals surface area contributed by atoms with E-state index in [-0.39, 0.29) is 0 Å². The molecule has 0 aliphatic heterocycles. The average Bonchev–Trinajstić information content (AvgIpc) is 2.56. The van der Waals surface area contributed by atoms with Crippen molar-refractivity contribution in [2.45, 2.75) is 9.92 Å². The van der Waals surface area contributed by atoms with Crippen LogP contribution in [0.3, 0.4) is 0 Å². The maximum absolute atomic E-state index is 4.19. The Morgan fingerprint density at radius 3 is 2.93 bits per heavy atom. The lowest BCUT2D eigenvalue weighted by Crippen LogP contribution is -1.86. The van der Waals surface area contributed by atoms with Gasteiger partial charge in [0.15, 0.2) is 0 Å². The van der Waals surface area contributed by atoms with Crippen molar-refractivity contribution in [3.8, 4) is 0 Å². The molecule has 0 spiro atoms. The molecule has 6 heteroatoms. The predicted molar refractivity (Wildman–Crippen MR) is 62.1 cm³/mol. The summed E-state index contributed by atoms with van der Waals surface area (Å²) < 4.78 is 2.83. The van der Waals surface area contributed by atoms with Crippen LogP contribution in [0.15, 0.2) is 34.8 Å². The molecule has 0 amide bonds. The third-order valence-electron chi connectivity index (χ3n) is 1.53. The van der Waals surface area contributed by atoms with Gasteiger partial charge < -0.3 is 0 Å². The van der Waals surface area contributed by atoms with Gasteiger partial charge in [0.05, 0.1) is 14.7 Å². The fraction of sp³-hybridized carbons (Fsp3) is 0.125. The van der Waals surface area contributed by atoms with Gasteiger partial charge in [-0.05, 0) is 22.6 Å². The number of halogens is 1. The van der Waals surface area contributed by atoms with Crippen LogP contribution in [0.5, 0.6) is 0 Å². The summed E-state index contributed by atoms with van der Waals surface area (Å²) in [6, 6.07) is 0. The van der Waals surface area contributed by atoms with Crippen molar-refractivity contribution in [1.82, 2.24) is 19.7 Å². The molecule has 0 N–H and O–H groups in total. The molecule has 2 rings (SSSR count). The highest BCUT2D eigenvalue weighted by molar-refractivity contribution is 14.1. The fourth-order valence-corrected chi connectivity index (χ4v) is 2.35. The number of hydrogen-bond donors (Lipinski definition) is 0. The number of aromatic nitrogens is 4. The van der Waals surface area contributed by atoms with Crippen molar-refractivity contribution in [3.63, 3.8) is 0 Å². The summed E-state index contributed by atoms with van der Waals surface area (Å²) in [6.45, 7) is 0. The van der Waals surface area contributed by atoms with Gasteiger partial charge in [0, 0.05) is 19.4 Å². The van der Waals surface area contributed by atoms with Crippen LogP contribution in [-0.2, 0) is 7.05 Å². The highest BCUT2D eigenvalue weighted by atomic mass is 127. The van der Waals surface area contributed by atoms with Gasteiger partial charge in [-0.25, -0.2) is 9.97 Å². The summed E-state index contributed by atoms with van der Waals surface area (Å²) in [5.74, 6) is 0. The Bertz CT molecular complexity index is 442. The lowest BCUT2D eigenvalue weighted by molar-refractivity contribution is 0.766. The van der Waals surface area contributed by atoms with Crippen molar-refractivity contribution in [2.75, 3.05) is 0 Å². The Kier molecular flexibility index (Phi) is 3.02. The number of aryl methyl sites for hydroxylation is 1. The molecular formula is C8H7IN4S. The first-order valence-electron chi connectivity index (χ1n) is 3.88. The Labute approximate surface area is 99.3 Å². The lowest BCUT2D eigenvalue weighted by atomic mass is 10.7. The lowest BCUT2D eigenvalue weighted by Gasteiger charge is -1.98. The van der Waals surface area contributed by atoms with Gasteiger partial charge in [-0.2, -0.15) is 5.10 Å². The van der Waals surface area contributed by atoms with Crippen LogP contribution in [0.4, 0.5) is 0 Å². The Hall–Kier alpha value is -0.630. The smallest absolute Gasteiger partial charge is 0.118 e. The minimum atomic E-state index is 0.966. The van der Waals surface area contributed by atoms with E-state index in [0.29, 0.717) is 0 Å². The normalized spacial score (nSPS) is 10.4. The zero-order valence-corrected chi connectivity index (χ0v) is 10.4. The molecule has 0 saturated carbocycles. The Balaban J connectivity index is 2.23. The van der Waals surface area contributed by atoms with Crippen LogP contribution in [0.25, 0.3) is 0 Å². The second-order valence-electron chi connectivity index (χ2n) is 2.63. The van der Waals surface area contributed by atoms with Gasteiger partial charge in [-0.3, -0.25) is 4.68 Å². The Morgan fingerprint density at radius 1 is 1.43 bits per heavy atom. The zero-order chi connectivity index (χ0) is 9.97. The molecule has 4 nitrogen and oxygen atoms in total. The van der Waals surface area contributed by atoms with E-state index >= 15 is 0 Å². The standard InChI is InChI=1S/C8H7IN4S/c1-13-4-6(2-12-13)14-8-7(9)3-10-5-11-8/h2-5H,1H3. The maximum Gasteiger partial charge on any atom is 0.118 e. The number of nitrogens with zero attached hydrogens (tertiary/aromatic N) is 4. The molecule has 0 aliphatic rings. The van der Waals surface area contributed by atoms with E-state index in [9.17, 15) is 0 Å². The summed E-state index contributed by atoms with van der Waals surface area (Å²) >= 11 is 3.81. The molecular weight excluding hydrogens is 311 g/mol. The van der Waals surface area contributed by atoms with Crippen LogP contribution in [0.2, 0.25) is 0 Å². The van der Waals surface area contributed by atoms with Gasteiger partial charge >= 0.3 is 0 Å². The fourth-order valence-electron chi connectivity index (χ4n) is 0.940. The first-order chi connectivity index (χ1) is 6.75. The number of rotatable bonds is 2. The quantitative estimate of drug-likeness (QED) is 0.627. The van der Waals surface area contributed by atoms with Gasteiger partial charge in [0.1, 0.15) is 11.4 Å². The molecule has 0 fully saturated rings. The summed E-state index contributed by atoms with van der Waals surface area (Å²) in [7, 11) is 1.90. The van der Waals surface area contributed by atoms with E-state index in [1.165, 1.54) is 0 Å². The van der Waals surface area contributed by atoms with Crippen molar-refractivity contribution < 1.29 is 0 Å². The third-order valence-corrected chi connectivity index (χ3v) is 3.65. The van der Waals surface area contributed by atoms with Gasteiger partial charge in [-0.15, -0.1) is 0 Å². The van der Waals surface area contributed by atoms with Crippen molar-refractivity contribution in [2.24, 2.45) is 7.05 Å². The topological polar surface area (TPSA) is 43.6 Å². The van der Waals surface area contributed by atoms with Crippen LogP contribution < -0.4 is 0 Å². The van der Waals surface area contributed by atoms with Crippen molar-refractivity contribution in [1.29, 1.82) is 0 Å². The molecule has 0 saturated heterocycles. The Morgan fingerprint density at radius 2 is 2.29 bits per heavy atom. The van der Waals surface area contributed by atoms with E-state index in [1.807, 2.05) is 19.4 Å². The van der Waals surface area contributed by atoms with Crippen LogP contribution in [-0.4, -0.2) is 19.7 Å². The highest BCUT2D eigenvalue weighted by Gasteiger charge is 2.04. The zero-order valence-electron chi connectivity index (χ0n) is 7.38. The molecule has 14 heavy (non-hydrogen) atoms. The molecule has 0 aliphatic carbocycles. The highest BCUT2D eigenvalue weighted by Crippen LogP contribution is 2.28. The van der Waals surface area contributed by atoms with Crippen molar-refractivity contribution >= 4 is 34.4 Å². The molecule has 0 unspecified atom stereocenters. The minimum Gasteiger partial charge on any atom is -0.275 e. The summed E-state index contributed by atoms with van der Waals surface area (Å²) in [4.78, 5) is 9.22. The van der Waals surface area contributed by atoms with E-state index in [4.69, 9.17) is 0 Å². The largest absolute Gasteiger partial charge is 0.275 e. The summed E-state index contributed by atoms with van der Waals surface area (Å²) in [5, 5.41) is 5.06. The maximum atomic E-state index is 4.19. The number of hydrogen-bond acceptors (Lipinski definition) is 4. The molecule has 2 aromatic heterocycles. The van der Waals surface area contributed by atoms with Gasteiger partial charge in [0.2, 0.25) is 0 Å². The van der Waals surface area contributed by atoms with E-state index in [0.717, 1.165) is 13.5 Å². The molecule has 72 valence electrons. The minimum absolute atomic E-state index is 0.966. The predicted octanol–water partition coefficient (Wildman–Crippen LogP) is 1.97. The molecule has 2 heterocycles. The van der Waals surface area contributed by atoms with Crippen molar-refractivity contribution in [3.05, 3.63) is 28.5 Å². The second-order valence-corrected chi connectivity index (χ2v) is 4.85. The molecule has 0 aromatic carbocycles. The summed E-state index contributed by atoms with van der Waals surface area (Å²) in [6.07, 6.45) is 7.14.